The van der Waals surface area contributed by atoms with E-state index < -0.39 is 10.1 Å². The third kappa shape index (κ3) is 4.83. The molecule has 1 N–H and O–H groups in total. The summed E-state index contributed by atoms with van der Waals surface area (Å²) in [4.78, 5) is -0.0492. The SMILES string of the molecule is COc1ccccc1C(CCc1cc(C)ccc1S(=O)(=O)O)c1ccccc1OC. The van der Waals surface area contributed by atoms with Crippen molar-refractivity contribution >= 4 is 10.1 Å². The molecule has 0 unspecified atom stereocenters. The molecule has 0 atom stereocenters. The second-order valence-electron chi connectivity index (χ2n) is 7.16. The summed E-state index contributed by atoms with van der Waals surface area (Å²) < 4.78 is 44.6. The lowest BCUT2D eigenvalue weighted by molar-refractivity contribution is 0.398. The van der Waals surface area contributed by atoms with E-state index in [0.717, 1.165) is 28.2 Å². The smallest absolute Gasteiger partial charge is 0.294 e. The summed E-state index contributed by atoms with van der Waals surface area (Å²) in [5.74, 6) is 1.42. The summed E-state index contributed by atoms with van der Waals surface area (Å²) in [6.07, 6.45) is 1.06. The van der Waals surface area contributed by atoms with E-state index in [0.29, 0.717) is 18.4 Å². The van der Waals surface area contributed by atoms with E-state index in [9.17, 15) is 13.0 Å². The van der Waals surface area contributed by atoms with E-state index in [2.05, 4.69) is 0 Å². The van der Waals surface area contributed by atoms with Crippen LogP contribution in [0.15, 0.2) is 71.6 Å². The van der Waals surface area contributed by atoms with E-state index in [1.54, 1.807) is 20.3 Å². The molecule has 0 aliphatic heterocycles. The highest BCUT2D eigenvalue weighted by Gasteiger charge is 2.23. The molecule has 0 heterocycles. The van der Waals surface area contributed by atoms with E-state index in [-0.39, 0.29) is 10.8 Å². The van der Waals surface area contributed by atoms with Crippen molar-refractivity contribution in [1.82, 2.24) is 0 Å². The standard InChI is InChI=1S/C24H26O5S/c1-17-12-15-24(30(25,26)27)18(16-17)13-14-19(20-8-4-6-10-22(20)28-2)21-9-5-7-11-23(21)29-3/h4-12,15-16,19H,13-14H2,1-3H3,(H,25,26,27). The molecule has 158 valence electrons. The van der Waals surface area contributed by atoms with Gasteiger partial charge in [0.25, 0.3) is 10.1 Å². The lowest BCUT2D eigenvalue weighted by atomic mass is 9.85. The van der Waals surface area contributed by atoms with Gasteiger partial charge in [0.2, 0.25) is 0 Å². The Bertz CT molecular complexity index is 1070. The highest BCUT2D eigenvalue weighted by Crippen LogP contribution is 2.39. The van der Waals surface area contributed by atoms with Crippen molar-refractivity contribution in [3.05, 3.63) is 89.0 Å². The highest BCUT2D eigenvalue weighted by molar-refractivity contribution is 7.85. The largest absolute Gasteiger partial charge is 0.496 e. The molecular weight excluding hydrogens is 400 g/mol. The number of para-hydroxylation sites is 2. The van der Waals surface area contributed by atoms with Crippen molar-refractivity contribution in [3.8, 4) is 11.5 Å². The maximum atomic E-state index is 11.9. The summed E-state index contributed by atoms with van der Waals surface area (Å²) in [6.45, 7) is 1.90. The van der Waals surface area contributed by atoms with Crippen LogP contribution in [-0.2, 0) is 16.5 Å². The summed E-state index contributed by atoms with van der Waals surface area (Å²) >= 11 is 0. The van der Waals surface area contributed by atoms with Gasteiger partial charge in [0.05, 0.1) is 19.1 Å². The average Bonchev–Trinajstić information content (AvgIpc) is 2.73. The molecule has 0 saturated heterocycles. The molecule has 6 heteroatoms. The van der Waals surface area contributed by atoms with Crippen LogP contribution in [0, 0.1) is 6.92 Å². The first kappa shape index (κ1) is 21.9. The number of rotatable bonds is 8. The van der Waals surface area contributed by atoms with E-state index >= 15 is 0 Å². The van der Waals surface area contributed by atoms with Crippen LogP contribution in [0.5, 0.6) is 11.5 Å². The van der Waals surface area contributed by atoms with Crippen LogP contribution in [0.2, 0.25) is 0 Å². The zero-order chi connectivity index (χ0) is 21.7. The van der Waals surface area contributed by atoms with E-state index in [1.165, 1.54) is 6.07 Å². The molecule has 0 aliphatic carbocycles. The van der Waals surface area contributed by atoms with Gasteiger partial charge in [0.1, 0.15) is 11.5 Å². The van der Waals surface area contributed by atoms with Gasteiger partial charge in [0, 0.05) is 17.0 Å². The fourth-order valence-electron chi connectivity index (χ4n) is 3.84. The predicted molar refractivity (Wildman–Crippen MR) is 117 cm³/mol. The Morgan fingerprint density at radius 3 is 1.90 bits per heavy atom. The lowest BCUT2D eigenvalue weighted by Gasteiger charge is -2.23. The van der Waals surface area contributed by atoms with Crippen molar-refractivity contribution < 1.29 is 22.4 Å². The van der Waals surface area contributed by atoms with Gasteiger partial charge in [-0.3, -0.25) is 4.55 Å². The first-order valence-electron chi connectivity index (χ1n) is 9.68. The minimum Gasteiger partial charge on any atom is -0.496 e. The van der Waals surface area contributed by atoms with Crippen LogP contribution in [0.4, 0.5) is 0 Å². The van der Waals surface area contributed by atoms with Gasteiger partial charge in [-0.05, 0) is 43.5 Å². The Labute approximate surface area is 178 Å². The molecule has 3 rings (SSSR count). The molecule has 5 nitrogen and oxygen atoms in total. The second-order valence-corrected chi connectivity index (χ2v) is 8.55. The molecule has 0 bridgehead atoms. The molecule has 0 spiro atoms. The van der Waals surface area contributed by atoms with Crippen molar-refractivity contribution in [2.75, 3.05) is 14.2 Å². The molecule has 3 aromatic carbocycles. The number of hydrogen-bond acceptors (Lipinski definition) is 4. The van der Waals surface area contributed by atoms with Crippen LogP contribution in [0.3, 0.4) is 0 Å². The topological polar surface area (TPSA) is 72.8 Å². The Balaban J connectivity index is 2.06. The number of hydrogen-bond donors (Lipinski definition) is 1. The first-order valence-corrected chi connectivity index (χ1v) is 11.1. The maximum absolute atomic E-state index is 11.9. The van der Waals surface area contributed by atoms with Gasteiger partial charge in [0.15, 0.2) is 0 Å². The van der Waals surface area contributed by atoms with Crippen molar-refractivity contribution in [1.29, 1.82) is 0 Å². The van der Waals surface area contributed by atoms with Crippen LogP contribution in [-0.4, -0.2) is 27.2 Å². The van der Waals surface area contributed by atoms with Gasteiger partial charge >= 0.3 is 0 Å². The molecule has 0 aromatic heterocycles. The average molecular weight is 427 g/mol. The van der Waals surface area contributed by atoms with Crippen molar-refractivity contribution in [2.45, 2.75) is 30.6 Å². The highest BCUT2D eigenvalue weighted by atomic mass is 32.2. The van der Waals surface area contributed by atoms with Gasteiger partial charge in [-0.15, -0.1) is 0 Å². The summed E-state index contributed by atoms with van der Waals surface area (Å²) in [5.41, 5.74) is 3.51. The minimum atomic E-state index is -4.30. The van der Waals surface area contributed by atoms with Crippen LogP contribution >= 0.6 is 0 Å². The van der Waals surface area contributed by atoms with Gasteiger partial charge in [-0.25, -0.2) is 0 Å². The number of methoxy groups -OCH3 is 2. The van der Waals surface area contributed by atoms with Crippen molar-refractivity contribution in [2.24, 2.45) is 0 Å². The fourth-order valence-corrected chi connectivity index (χ4v) is 4.57. The number of benzene rings is 3. The molecular formula is C24H26O5S. The Morgan fingerprint density at radius 2 is 1.40 bits per heavy atom. The Hall–Kier alpha value is -2.83. The number of ether oxygens (including phenoxy) is 2. The van der Waals surface area contributed by atoms with E-state index in [4.69, 9.17) is 9.47 Å². The van der Waals surface area contributed by atoms with Crippen molar-refractivity contribution in [3.63, 3.8) is 0 Å². The van der Waals surface area contributed by atoms with Gasteiger partial charge < -0.3 is 9.47 Å². The Kier molecular flexibility index (Phi) is 6.80. The van der Waals surface area contributed by atoms with Gasteiger partial charge in [-0.1, -0.05) is 54.1 Å². The number of aryl methyl sites for hydroxylation is 2. The summed E-state index contributed by atoms with van der Waals surface area (Å²) in [7, 11) is -1.03. The van der Waals surface area contributed by atoms with Crippen LogP contribution in [0.25, 0.3) is 0 Å². The van der Waals surface area contributed by atoms with Crippen LogP contribution < -0.4 is 9.47 Å². The molecule has 0 amide bonds. The molecule has 0 saturated carbocycles. The molecule has 3 aromatic rings. The van der Waals surface area contributed by atoms with E-state index in [1.807, 2.05) is 61.5 Å². The zero-order valence-electron chi connectivity index (χ0n) is 17.3. The maximum Gasteiger partial charge on any atom is 0.294 e. The monoisotopic (exact) mass is 426 g/mol. The third-order valence-corrected chi connectivity index (χ3v) is 6.18. The summed E-state index contributed by atoms with van der Waals surface area (Å²) in [5, 5.41) is 0. The quantitative estimate of drug-likeness (QED) is 0.512. The molecule has 0 aliphatic rings. The fraction of sp³-hybridized carbons (Fsp3) is 0.250. The minimum absolute atomic E-state index is 0.0492. The molecule has 30 heavy (non-hydrogen) atoms. The lowest BCUT2D eigenvalue weighted by Crippen LogP contribution is -2.09. The van der Waals surface area contributed by atoms with Crippen LogP contribution in [0.1, 0.15) is 34.6 Å². The zero-order valence-corrected chi connectivity index (χ0v) is 18.1. The normalized spacial score (nSPS) is 11.5. The summed E-state index contributed by atoms with van der Waals surface area (Å²) in [6, 6.07) is 20.5. The predicted octanol–water partition coefficient (Wildman–Crippen LogP) is 5.02. The third-order valence-electron chi connectivity index (χ3n) is 5.22. The second kappa shape index (κ2) is 9.32. The first-order chi connectivity index (χ1) is 14.3. The Morgan fingerprint density at radius 1 is 0.867 bits per heavy atom. The molecule has 0 fully saturated rings. The van der Waals surface area contributed by atoms with Gasteiger partial charge in [-0.2, -0.15) is 8.42 Å². The molecule has 0 radical (unpaired) electrons.